The van der Waals surface area contributed by atoms with E-state index in [0.29, 0.717) is 0 Å². The van der Waals surface area contributed by atoms with Gasteiger partial charge in [-0.05, 0) is 0 Å². The largest absolute Gasteiger partial charge is 0.395 e. The summed E-state index contributed by atoms with van der Waals surface area (Å²) in [7, 11) is 0. The molecule has 1 fully saturated rings. The Hall–Kier alpha value is -1.43. The molecule has 3 amide bonds. The predicted octanol–water partition coefficient (Wildman–Crippen LogP) is -2.15. The molecule has 0 atom stereocenters. The van der Waals surface area contributed by atoms with Crippen molar-refractivity contribution >= 4 is 17.7 Å². The fourth-order valence-corrected chi connectivity index (χ4v) is 1.05. The number of carbonyl (C=O) groups is 3. The summed E-state index contributed by atoms with van der Waals surface area (Å²) >= 11 is 0. The first-order chi connectivity index (χ1) is 6.15. The van der Waals surface area contributed by atoms with Crippen LogP contribution >= 0.6 is 0 Å². The van der Waals surface area contributed by atoms with Crippen LogP contribution in [-0.4, -0.2) is 47.4 Å². The maximum atomic E-state index is 11.2. The molecule has 6 nitrogen and oxygen atoms in total. The summed E-state index contributed by atoms with van der Waals surface area (Å²) < 4.78 is 0. The van der Waals surface area contributed by atoms with Gasteiger partial charge in [-0.15, -0.1) is 0 Å². The van der Waals surface area contributed by atoms with Crippen LogP contribution in [0.15, 0.2) is 0 Å². The molecule has 1 heterocycles. The molecule has 0 unspecified atom stereocenters. The highest BCUT2D eigenvalue weighted by Crippen LogP contribution is 1.99. The number of aliphatic hydroxyl groups excluding tert-OH is 1. The average molecular weight is 186 g/mol. The zero-order valence-electron chi connectivity index (χ0n) is 6.95. The molecule has 13 heavy (non-hydrogen) atoms. The number of carbonyl (C=O) groups excluding carboxylic acids is 3. The van der Waals surface area contributed by atoms with Crippen LogP contribution in [0.5, 0.6) is 0 Å². The molecule has 1 aliphatic rings. The summed E-state index contributed by atoms with van der Waals surface area (Å²) in [5, 5.41) is 10.8. The van der Waals surface area contributed by atoms with E-state index in [9.17, 15) is 14.4 Å². The van der Waals surface area contributed by atoms with E-state index in [1.807, 2.05) is 0 Å². The number of amides is 3. The van der Waals surface area contributed by atoms with Crippen molar-refractivity contribution in [1.29, 1.82) is 0 Å². The predicted molar refractivity (Wildman–Crippen MR) is 41.4 cm³/mol. The molecule has 0 radical (unpaired) electrons. The summed E-state index contributed by atoms with van der Waals surface area (Å²) in [5.74, 6) is -1.50. The van der Waals surface area contributed by atoms with Gasteiger partial charge in [0.25, 0.3) is 0 Å². The fourth-order valence-electron chi connectivity index (χ4n) is 1.05. The van der Waals surface area contributed by atoms with E-state index in [0.717, 1.165) is 4.90 Å². The van der Waals surface area contributed by atoms with Gasteiger partial charge >= 0.3 is 0 Å². The summed E-state index contributed by atoms with van der Waals surface area (Å²) in [5.41, 5.74) is 0. The lowest BCUT2D eigenvalue weighted by atomic mass is 10.3. The zero-order valence-corrected chi connectivity index (χ0v) is 6.95. The van der Waals surface area contributed by atoms with Gasteiger partial charge in [-0.3, -0.25) is 19.3 Å². The minimum Gasteiger partial charge on any atom is -0.395 e. The Labute approximate surface area is 74.5 Å². The van der Waals surface area contributed by atoms with Crippen LogP contribution in [0.2, 0.25) is 0 Å². The van der Waals surface area contributed by atoms with Gasteiger partial charge in [-0.25, -0.2) is 0 Å². The first-order valence-electron chi connectivity index (χ1n) is 3.86. The number of hydrogen-bond donors (Lipinski definition) is 2. The number of imide groups is 1. The van der Waals surface area contributed by atoms with E-state index in [1.54, 1.807) is 0 Å². The van der Waals surface area contributed by atoms with Crippen LogP contribution in [0.1, 0.15) is 6.42 Å². The Kier molecular flexibility index (Phi) is 2.97. The van der Waals surface area contributed by atoms with Gasteiger partial charge in [0.2, 0.25) is 17.7 Å². The van der Waals surface area contributed by atoms with Crippen molar-refractivity contribution in [2.75, 3.05) is 19.7 Å². The maximum absolute atomic E-state index is 11.2. The van der Waals surface area contributed by atoms with E-state index in [1.165, 1.54) is 0 Å². The average Bonchev–Trinajstić information content (AvgIpc) is 2.19. The first kappa shape index (κ1) is 9.66. The third-order valence-corrected chi connectivity index (χ3v) is 1.67. The van der Waals surface area contributed by atoms with Crippen molar-refractivity contribution in [2.24, 2.45) is 0 Å². The summed E-state index contributed by atoms with van der Waals surface area (Å²) in [6, 6.07) is 0. The molecule has 0 saturated carbocycles. The second-order valence-electron chi connectivity index (χ2n) is 2.62. The molecule has 0 bridgehead atoms. The maximum Gasteiger partial charge on any atom is 0.248 e. The molecule has 1 saturated heterocycles. The molecule has 1 rings (SSSR count). The normalized spacial score (nSPS) is 18.5. The van der Waals surface area contributed by atoms with Crippen LogP contribution in [0.3, 0.4) is 0 Å². The highest BCUT2D eigenvalue weighted by atomic mass is 16.3. The number of aliphatic hydroxyl groups is 1. The minimum absolute atomic E-state index is 0.0490. The van der Waals surface area contributed by atoms with Crippen molar-refractivity contribution < 1.29 is 19.5 Å². The molecule has 1 aliphatic heterocycles. The van der Waals surface area contributed by atoms with E-state index in [2.05, 4.69) is 5.32 Å². The molecule has 0 aromatic rings. The number of hydrogen-bond acceptors (Lipinski definition) is 4. The first-order valence-corrected chi connectivity index (χ1v) is 3.86. The van der Waals surface area contributed by atoms with Gasteiger partial charge in [0.15, 0.2) is 0 Å². The Balaban J connectivity index is 2.72. The molecule has 6 heteroatoms. The molecule has 2 N–H and O–H groups in total. The zero-order chi connectivity index (χ0) is 9.84. The molecule has 0 aromatic carbocycles. The number of nitrogens with zero attached hydrogens (tertiary/aromatic N) is 1. The molecule has 0 spiro atoms. The summed E-state index contributed by atoms with van der Waals surface area (Å²) in [6.45, 7) is -0.511. The smallest absolute Gasteiger partial charge is 0.248 e. The molecular weight excluding hydrogens is 176 g/mol. The summed E-state index contributed by atoms with van der Waals surface area (Å²) in [4.78, 5) is 34.0. The SMILES string of the molecule is O=C1CC(=O)N(CCO)C(=O)CN1. The molecular formula is C7H10N2O4. The monoisotopic (exact) mass is 186 g/mol. The van der Waals surface area contributed by atoms with Gasteiger partial charge in [-0.2, -0.15) is 0 Å². The molecule has 72 valence electrons. The minimum atomic E-state index is -0.561. The Morgan fingerprint density at radius 1 is 1.31 bits per heavy atom. The number of β-amino-alcohol motifs (C(OH)–C–C–N with tert-alkyl or cyclic N) is 1. The molecule has 0 aromatic heterocycles. The topological polar surface area (TPSA) is 86.7 Å². The van der Waals surface area contributed by atoms with Crippen molar-refractivity contribution in [3.63, 3.8) is 0 Å². The van der Waals surface area contributed by atoms with Crippen LogP contribution in [0.4, 0.5) is 0 Å². The van der Waals surface area contributed by atoms with Crippen molar-refractivity contribution in [3.8, 4) is 0 Å². The third kappa shape index (κ3) is 2.25. The lowest BCUT2D eigenvalue weighted by Crippen LogP contribution is -2.39. The van der Waals surface area contributed by atoms with Crippen LogP contribution in [0.25, 0.3) is 0 Å². The summed E-state index contributed by atoms with van der Waals surface area (Å²) in [6.07, 6.45) is -0.328. The van der Waals surface area contributed by atoms with E-state index < -0.39 is 17.7 Å². The van der Waals surface area contributed by atoms with Crippen LogP contribution in [-0.2, 0) is 14.4 Å². The Morgan fingerprint density at radius 3 is 2.62 bits per heavy atom. The number of nitrogens with one attached hydrogen (secondary N) is 1. The van der Waals surface area contributed by atoms with Crippen molar-refractivity contribution in [1.82, 2.24) is 10.2 Å². The van der Waals surface area contributed by atoms with Crippen LogP contribution in [0, 0.1) is 0 Å². The lowest BCUT2D eigenvalue weighted by molar-refractivity contribution is -0.143. The van der Waals surface area contributed by atoms with Crippen molar-refractivity contribution in [2.45, 2.75) is 6.42 Å². The second-order valence-corrected chi connectivity index (χ2v) is 2.62. The quantitative estimate of drug-likeness (QED) is 0.380. The second kappa shape index (κ2) is 3.99. The van der Waals surface area contributed by atoms with E-state index in [4.69, 9.17) is 5.11 Å². The van der Waals surface area contributed by atoms with Gasteiger partial charge < -0.3 is 10.4 Å². The van der Waals surface area contributed by atoms with E-state index in [-0.39, 0.29) is 26.1 Å². The van der Waals surface area contributed by atoms with Crippen LogP contribution < -0.4 is 5.32 Å². The Bertz CT molecular complexity index is 251. The molecule has 0 aliphatic carbocycles. The standard InChI is InChI=1S/C7H10N2O4/c10-2-1-9-6(12)3-5(11)8-4-7(9)13/h10H,1-4H2,(H,8,11). The third-order valence-electron chi connectivity index (χ3n) is 1.67. The number of rotatable bonds is 2. The van der Waals surface area contributed by atoms with Gasteiger partial charge in [0.05, 0.1) is 19.7 Å². The highest BCUT2D eigenvalue weighted by Gasteiger charge is 2.26. The highest BCUT2D eigenvalue weighted by molar-refractivity contribution is 6.07. The van der Waals surface area contributed by atoms with Gasteiger partial charge in [-0.1, -0.05) is 0 Å². The lowest BCUT2D eigenvalue weighted by Gasteiger charge is -2.15. The van der Waals surface area contributed by atoms with Gasteiger partial charge in [0.1, 0.15) is 6.42 Å². The van der Waals surface area contributed by atoms with Crippen molar-refractivity contribution in [3.05, 3.63) is 0 Å². The van der Waals surface area contributed by atoms with E-state index >= 15 is 0 Å². The fraction of sp³-hybridized carbons (Fsp3) is 0.571. The Morgan fingerprint density at radius 2 is 2.00 bits per heavy atom. The van der Waals surface area contributed by atoms with Gasteiger partial charge in [0, 0.05) is 0 Å².